The molecule has 0 aliphatic heterocycles. The summed E-state index contributed by atoms with van der Waals surface area (Å²) in [6, 6.07) is 0. The SMILES string of the molecule is C=C1CCC[C@]2(C)C(CCCCC(C)(C)O)CCC12. The van der Waals surface area contributed by atoms with Crippen LogP contribution in [0.4, 0.5) is 0 Å². The fourth-order valence-corrected chi connectivity index (χ4v) is 4.65. The van der Waals surface area contributed by atoms with Crippen molar-refractivity contribution in [3.8, 4) is 0 Å². The normalized spacial score (nSPS) is 35.5. The molecule has 0 bridgehead atoms. The minimum atomic E-state index is -0.485. The van der Waals surface area contributed by atoms with Gasteiger partial charge in [0.05, 0.1) is 5.60 Å². The first-order valence-electron chi connectivity index (χ1n) is 8.23. The number of allylic oxidation sites excluding steroid dienone is 1. The highest BCUT2D eigenvalue weighted by Gasteiger charge is 2.48. The van der Waals surface area contributed by atoms with Crippen molar-refractivity contribution in [3.63, 3.8) is 0 Å². The molecule has 0 heterocycles. The maximum absolute atomic E-state index is 9.77. The van der Waals surface area contributed by atoms with Crippen LogP contribution in [-0.2, 0) is 0 Å². The molecule has 0 aromatic carbocycles. The highest BCUT2D eigenvalue weighted by Crippen LogP contribution is 2.58. The van der Waals surface area contributed by atoms with Crippen molar-refractivity contribution in [2.45, 2.75) is 84.2 Å². The van der Waals surface area contributed by atoms with Crippen LogP contribution in [0.5, 0.6) is 0 Å². The van der Waals surface area contributed by atoms with E-state index < -0.39 is 5.60 Å². The average Bonchev–Trinajstić information content (AvgIpc) is 2.62. The maximum atomic E-state index is 9.77. The summed E-state index contributed by atoms with van der Waals surface area (Å²) < 4.78 is 0. The second-order valence-electron chi connectivity index (χ2n) is 7.90. The maximum Gasteiger partial charge on any atom is 0.0591 e. The number of rotatable bonds is 5. The zero-order valence-electron chi connectivity index (χ0n) is 13.2. The summed E-state index contributed by atoms with van der Waals surface area (Å²) in [4.78, 5) is 0. The standard InChI is InChI=1S/C18H32O/c1-14-8-7-13-18(4)15(10-11-16(14)18)9-5-6-12-17(2,3)19/h15-16,19H,1,5-13H2,2-4H3/t15?,16?,18-/m1/s1. The van der Waals surface area contributed by atoms with Crippen LogP contribution in [0, 0.1) is 17.3 Å². The van der Waals surface area contributed by atoms with E-state index in [1.807, 2.05) is 13.8 Å². The first-order chi connectivity index (χ1) is 8.83. The first-order valence-corrected chi connectivity index (χ1v) is 8.23. The van der Waals surface area contributed by atoms with Crippen molar-refractivity contribution < 1.29 is 5.11 Å². The van der Waals surface area contributed by atoms with E-state index in [-0.39, 0.29) is 0 Å². The van der Waals surface area contributed by atoms with Gasteiger partial charge in [-0.2, -0.15) is 0 Å². The van der Waals surface area contributed by atoms with Gasteiger partial charge in [0.1, 0.15) is 0 Å². The van der Waals surface area contributed by atoms with Crippen LogP contribution >= 0.6 is 0 Å². The molecule has 0 spiro atoms. The van der Waals surface area contributed by atoms with Crippen molar-refractivity contribution in [2.75, 3.05) is 0 Å². The third-order valence-corrected chi connectivity index (χ3v) is 5.83. The van der Waals surface area contributed by atoms with Crippen LogP contribution in [0.15, 0.2) is 12.2 Å². The lowest BCUT2D eigenvalue weighted by atomic mass is 9.63. The Kier molecular flexibility index (Phi) is 4.45. The highest BCUT2D eigenvalue weighted by atomic mass is 16.3. The lowest BCUT2D eigenvalue weighted by Gasteiger charge is -2.42. The van der Waals surface area contributed by atoms with Gasteiger partial charge in [-0.15, -0.1) is 0 Å². The van der Waals surface area contributed by atoms with Gasteiger partial charge in [-0.1, -0.05) is 31.9 Å². The summed E-state index contributed by atoms with van der Waals surface area (Å²) in [5.41, 5.74) is 1.60. The molecule has 2 rings (SSSR count). The van der Waals surface area contributed by atoms with Gasteiger partial charge in [0.2, 0.25) is 0 Å². The third kappa shape index (κ3) is 3.42. The van der Waals surface area contributed by atoms with Gasteiger partial charge in [-0.25, -0.2) is 0 Å². The second kappa shape index (κ2) is 5.60. The summed E-state index contributed by atoms with van der Waals surface area (Å²) in [5, 5.41) is 9.77. The molecule has 3 atom stereocenters. The number of hydrogen-bond acceptors (Lipinski definition) is 1. The lowest BCUT2D eigenvalue weighted by Crippen LogP contribution is -2.33. The third-order valence-electron chi connectivity index (χ3n) is 5.83. The zero-order chi connectivity index (χ0) is 14.1. The molecule has 2 aliphatic carbocycles. The lowest BCUT2D eigenvalue weighted by molar-refractivity contribution is 0.0660. The van der Waals surface area contributed by atoms with Gasteiger partial charge < -0.3 is 5.11 Å². The van der Waals surface area contributed by atoms with E-state index in [9.17, 15) is 5.11 Å². The van der Waals surface area contributed by atoms with Crippen molar-refractivity contribution in [1.29, 1.82) is 0 Å². The number of fused-ring (bicyclic) bond motifs is 1. The molecule has 1 N–H and O–H groups in total. The molecule has 2 fully saturated rings. The van der Waals surface area contributed by atoms with E-state index in [0.29, 0.717) is 5.41 Å². The molecule has 1 heteroatoms. The van der Waals surface area contributed by atoms with E-state index in [1.54, 1.807) is 0 Å². The molecule has 2 aliphatic rings. The van der Waals surface area contributed by atoms with Gasteiger partial charge in [-0.3, -0.25) is 0 Å². The molecular formula is C18H32O. The molecular weight excluding hydrogens is 232 g/mol. The van der Waals surface area contributed by atoms with E-state index in [2.05, 4.69) is 13.5 Å². The van der Waals surface area contributed by atoms with E-state index in [0.717, 1.165) is 18.3 Å². The number of aliphatic hydroxyl groups is 1. The summed E-state index contributed by atoms with van der Waals surface area (Å²) in [7, 11) is 0. The Morgan fingerprint density at radius 2 is 2.05 bits per heavy atom. The van der Waals surface area contributed by atoms with Crippen LogP contribution in [0.1, 0.15) is 78.6 Å². The molecule has 0 aromatic rings. The molecule has 1 nitrogen and oxygen atoms in total. The molecule has 0 amide bonds. The van der Waals surface area contributed by atoms with Crippen LogP contribution in [0.3, 0.4) is 0 Å². The van der Waals surface area contributed by atoms with Crippen molar-refractivity contribution in [3.05, 3.63) is 12.2 Å². The summed E-state index contributed by atoms with van der Waals surface area (Å²) in [6.07, 6.45) is 11.6. The molecule has 0 aromatic heterocycles. The Bertz CT molecular complexity index is 325. The zero-order valence-corrected chi connectivity index (χ0v) is 13.2. The predicted molar refractivity (Wildman–Crippen MR) is 82.1 cm³/mol. The predicted octanol–water partition coefficient (Wildman–Crippen LogP) is 5.09. The van der Waals surface area contributed by atoms with E-state index in [4.69, 9.17) is 0 Å². The summed E-state index contributed by atoms with van der Waals surface area (Å²) in [5.74, 6) is 1.71. The van der Waals surface area contributed by atoms with Crippen molar-refractivity contribution in [1.82, 2.24) is 0 Å². The average molecular weight is 264 g/mol. The van der Waals surface area contributed by atoms with Gasteiger partial charge in [0.25, 0.3) is 0 Å². The van der Waals surface area contributed by atoms with E-state index in [1.165, 1.54) is 56.9 Å². The molecule has 0 saturated heterocycles. The minimum absolute atomic E-state index is 0.485. The molecule has 0 radical (unpaired) electrons. The monoisotopic (exact) mass is 264 g/mol. The first kappa shape index (κ1) is 15.1. The van der Waals surface area contributed by atoms with Crippen LogP contribution in [0.25, 0.3) is 0 Å². The van der Waals surface area contributed by atoms with Crippen molar-refractivity contribution >= 4 is 0 Å². The smallest absolute Gasteiger partial charge is 0.0591 e. The second-order valence-corrected chi connectivity index (χ2v) is 7.90. The molecule has 110 valence electrons. The highest BCUT2D eigenvalue weighted by molar-refractivity contribution is 5.14. The van der Waals surface area contributed by atoms with Crippen LogP contribution in [0.2, 0.25) is 0 Å². The van der Waals surface area contributed by atoms with Crippen LogP contribution in [-0.4, -0.2) is 10.7 Å². The number of hydrogen-bond donors (Lipinski definition) is 1. The molecule has 2 saturated carbocycles. The quantitative estimate of drug-likeness (QED) is 0.541. The fourth-order valence-electron chi connectivity index (χ4n) is 4.65. The largest absolute Gasteiger partial charge is 0.390 e. The Morgan fingerprint density at radius 1 is 1.32 bits per heavy atom. The Hall–Kier alpha value is -0.300. The molecule has 2 unspecified atom stereocenters. The Morgan fingerprint density at radius 3 is 2.74 bits per heavy atom. The van der Waals surface area contributed by atoms with Crippen molar-refractivity contribution in [2.24, 2.45) is 17.3 Å². The van der Waals surface area contributed by atoms with Gasteiger partial charge in [-0.05, 0) is 76.0 Å². The summed E-state index contributed by atoms with van der Waals surface area (Å²) >= 11 is 0. The Balaban J connectivity index is 1.83. The summed E-state index contributed by atoms with van der Waals surface area (Å²) in [6.45, 7) is 10.7. The van der Waals surface area contributed by atoms with Gasteiger partial charge >= 0.3 is 0 Å². The number of unbranched alkanes of at least 4 members (excludes halogenated alkanes) is 1. The fraction of sp³-hybridized carbons (Fsp3) is 0.889. The van der Waals surface area contributed by atoms with E-state index >= 15 is 0 Å². The Labute approximate surface area is 119 Å². The van der Waals surface area contributed by atoms with Gasteiger partial charge in [0, 0.05) is 0 Å². The minimum Gasteiger partial charge on any atom is -0.390 e. The topological polar surface area (TPSA) is 20.2 Å². The van der Waals surface area contributed by atoms with Crippen LogP contribution < -0.4 is 0 Å². The van der Waals surface area contributed by atoms with Gasteiger partial charge in [0.15, 0.2) is 0 Å². The molecule has 19 heavy (non-hydrogen) atoms.